The first-order valence-corrected chi connectivity index (χ1v) is 9.02. The molecule has 0 bridgehead atoms. The van der Waals surface area contributed by atoms with Crippen molar-refractivity contribution in [1.29, 1.82) is 0 Å². The van der Waals surface area contributed by atoms with Gasteiger partial charge in [-0.1, -0.05) is 0 Å². The summed E-state index contributed by atoms with van der Waals surface area (Å²) in [5.74, 6) is 0. The SMILES string of the molecule is C1CC2OCCN(CC3(CNC4CC4)CCCOC3)C2C1. The minimum absolute atomic E-state index is 0.339. The van der Waals surface area contributed by atoms with E-state index >= 15 is 0 Å². The van der Waals surface area contributed by atoms with Gasteiger partial charge in [0.25, 0.3) is 0 Å². The standard InChI is InChI=1S/C17H30N2O2/c1-3-15-16(4-1)21-10-8-19(15)12-17(7-2-9-20-13-17)11-18-14-5-6-14/h14-16,18H,1-13H2. The number of hydrogen-bond acceptors (Lipinski definition) is 4. The van der Waals surface area contributed by atoms with E-state index in [1.165, 1.54) is 51.5 Å². The largest absolute Gasteiger partial charge is 0.381 e. The fourth-order valence-corrected chi connectivity index (χ4v) is 4.51. The van der Waals surface area contributed by atoms with Crippen molar-refractivity contribution in [2.45, 2.75) is 63.1 Å². The Hall–Kier alpha value is -0.160. The molecule has 0 aromatic rings. The molecule has 120 valence electrons. The maximum Gasteiger partial charge on any atom is 0.0730 e. The van der Waals surface area contributed by atoms with E-state index in [1.807, 2.05) is 0 Å². The molecule has 0 spiro atoms. The average molecular weight is 294 g/mol. The van der Waals surface area contributed by atoms with Crippen LogP contribution in [0.1, 0.15) is 44.9 Å². The fourth-order valence-electron chi connectivity index (χ4n) is 4.51. The zero-order chi connectivity index (χ0) is 14.1. The Labute approximate surface area is 128 Å². The van der Waals surface area contributed by atoms with E-state index in [0.29, 0.717) is 17.6 Å². The summed E-state index contributed by atoms with van der Waals surface area (Å²) in [7, 11) is 0. The summed E-state index contributed by atoms with van der Waals surface area (Å²) in [5, 5.41) is 3.78. The molecule has 0 aromatic heterocycles. The Balaban J connectivity index is 1.42. The van der Waals surface area contributed by atoms with E-state index in [9.17, 15) is 0 Å². The molecule has 4 nitrogen and oxygen atoms in total. The molecule has 0 aromatic carbocycles. The van der Waals surface area contributed by atoms with Crippen LogP contribution in [0.15, 0.2) is 0 Å². The van der Waals surface area contributed by atoms with E-state index in [4.69, 9.17) is 9.47 Å². The van der Waals surface area contributed by atoms with E-state index in [1.54, 1.807) is 0 Å². The van der Waals surface area contributed by atoms with Crippen molar-refractivity contribution in [2.24, 2.45) is 5.41 Å². The molecule has 2 aliphatic heterocycles. The van der Waals surface area contributed by atoms with Crippen LogP contribution in [0.3, 0.4) is 0 Å². The molecule has 0 radical (unpaired) electrons. The van der Waals surface area contributed by atoms with Gasteiger partial charge in [0.15, 0.2) is 0 Å². The number of fused-ring (bicyclic) bond motifs is 1. The topological polar surface area (TPSA) is 33.7 Å². The molecule has 4 rings (SSSR count). The lowest BCUT2D eigenvalue weighted by atomic mass is 9.81. The van der Waals surface area contributed by atoms with Crippen LogP contribution in [0.2, 0.25) is 0 Å². The zero-order valence-electron chi connectivity index (χ0n) is 13.2. The van der Waals surface area contributed by atoms with Crippen LogP contribution < -0.4 is 5.32 Å². The van der Waals surface area contributed by atoms with Gasteiger partial charge in [-0.3, -0.25) is 4.90 Å². The Morgan fingerprint density at radius 1 is 1.10 bits per heavy atom. The summed E-state index contributed by atoms with van der Waals surface area (Å²) < 4.78 is 11.9. The molecule has 2 saturated heterocycles. The fraction of sp³-hybridized carbons (Fsp3) is 1.00. The molecule has 4 aliphatic rings. The normalized spacial score (nSPS) is 41.1. The summed E-state index contributed by atoms with van der Waals surface area (Å²) in [6, 6.07) is 1.48. The van der Waals surface area contributed by atoms with Gasteiger partial charge in [-0.25, -0.2) is 0 Å². The zero-order valence-corrected chi connectivity index (χ0v) is 13.2. The monoisotopic (exact) mass is 294 g/mol. The van der Waals surface area contributed by atoms with E-state index < -0.39 is 0 Å². The summed E-state index contributed by atoms with van der Waals surface area (Å²) in [6.45, 7) is 6.30. The van der Waals surface area contributed by atoms with Gasteiger partial charge in [-0.2, -0.15) is 0 Å². The maximum absolute atomic E-state index is 5.97. The van der Waals surface area contributed by atoms with Gasteiger partial charge in [0, 0.05) is 43.7 Å². The van der Waals surface area contributed by atoms with Crippen LogP contribution in [-0.4, -0.2) is 62.5 Å². The third-order valence-electron chi connectivity index (χ3n) is 5.88. The minimum atomic E-state index is 0.339. The second-order valence-corrected chi connectivity index (χ2v) is 7.69. The molecular formula is C17H30N2O2. The van der Waals surface area contributed by atoms with Crippen molar-refractivity contribution in [3.63, 3.8) is 0 Å². The Morgan fingerprint density at radius 2 is 2.05 bits per heavy atom. The highest BCUT2D eigenvalue weighted by atomic mass is 16.5. The maximum atomic E-state index is 5.97. The molecule has 3 atom stereocenters. The molecular weight excluding hydrogens is 264 g/mol. The predicted molar refractivity (Wildman–Crippen MR) is 82.5 cm³/mol. The van der Waals surface area contributed by atoms with Crippen LogP contribution in [0, 0.1) is 5.41 Å². The summed E-state index contributed by atoms with van der Waals surface area (Å²) in [5.41, 5.74) is 0.339. The first-order valence-electron chi connectivity index (χ1n) is 9.02. The van der Waals surface area contributed by atoms with Gasteiger partial charge >= 0.3 is 0 Å². The molecule has 3 unspecified atom stereocenters. The molecule has 0 amide bonds. The van der Waals surface area contributed by atoms with E-state index in [-0.39, 0.29) is 0 Å². The third kappa shape index (κ3) is 3.29. The number of hydrogen-bond donors (Lipinski definition) is 1. The van der Waals surface area contributed by atoms with Crippen LogP contribution >= 0.6 is 0 Å². The average Bonchev–Trinajstić information content (AvgIpc) is 3.22. The second-order valence-electron chi connectivity index (χ2n) is 7.69. The minimum Gasteiger partial charge on any atom is -0.381 e. The third-order valence-corrected chi connectivity index (χ3v) is 5.88. The van der Waals surface area contributed by atoms with Crippen molar-refractivity contribution in [2.75, 3.05) is 39.5 Å². The lowest BCUT2D eigenvalue weighted by molar-refractivity contribution is -0.0893. The number of rotatable bonds is 5. The highest BCUT2D eigenvalue weighted by molar-refractivity contribution is 4.96. The molecule has 2 aliphatic carbocycles. The summed E-state index contributed by atoms with van der Waals surface area (Å²) in [4.78, 5) is 2.74. The highest BCUT2D eigenvalue weighted by Crippen LogP contribution is 2.35. The van der Waals surface area contributed by atoms with Crippen LogP contribution in [-0.2, 0) is 9.47 Å². The van der Waals surface area contributed by atoms with E-state index in [2.05, 4.69) is 10.2 Å². The summed E-state index contributed by atoms with van der Waals surface area (Å²) in [6.07, 6.45) is 9.75. The molecule has 2 saturated carbocycles. The van der Waals surface area contributed by atoms with Crippen LogP contribution in [0.25, 0.3) is 0 Å². The first kappa shape index (κ1) is 14.4. The van der Waals surface area contributed by atoms with Crippen molar-refractivity contribution in [3.8, 4) is 0 Å². The first-order chi connectivity index (χ1) is 10.3. The number of nitrogens with one attached hydrogen (secondary N) is 1. The Kier molecular flexibility index (Phi) is 4.23. The number of nitrogens with zero attached hydrogens (tertiary/aromatic N) is 1. The van der Waals surface area contributed by atoms with Gasteiger partial charge in [-0.05, 0) is 44.9 Å². The van der Waals surface area contributed by atoms with Crippen LogP contribution in [0.5, 0.6) is 0 Å². The molecule has 4 heteroatoms. The van der Waals surface area contributed by atoms with Gasteiger partial charge in [0.1, 0.15) is 0 Å². The summed E-state index contributed by atoms with van der Waals surface area (Å²) >= 11 is 0. The lowest BCUT2D eigenvalue weighted by Crippen LogP contribution is -2.56. The van der Waals surface area contributed by atoms with Gasteiger partial charge in [0.05, 0.1) is 19.3 Å². The molecule has 21 heavy (non-hydrogen) atoms. The molecule has 2 heterocycles. The quantitative estimate of drug-likeness (QED) is 0.838. The van der Waals surface area contributed by atoms with Crippen molar-refractivity contribution in [1.82, 2.24) is 10.2 Å². The Morgan fingerprint density at radius 3 is 2.86 bits per heavy atom. The molecule has 1 N–H and O–H groups in total. The number of ether oxygens (including phenoxy) is 2. The molecule has 4 fully saturated rings. The van der Waals surface area contributed by atoms with Crippen molar-refractivity contribution in [3.05, 3.63) is 0 Å². The van der Waals surface area contributed by atoms with Gasteiger partial charge < -0.3 is 14.8 Å². The lowest BCUT2D eigenvalue weighted by Gasteiger charge is -2.46. The van der Waals surface area contributed by atoms with Gasteiger partial charge in [0.2, 0.25) is 0 Å². The predicted octanol–water partition coefficient (Wildman–Crippen LogP) is 1.79. The van der Waals surface area contributed by atoms with Crippen molar-refractivity contribution >= 4 is 0 Å². The van der Waals surface area contributed by atoms with Gasteiger partial charge in [-0.15, -0.1) is 0 Å². The highest BCUT2D eigenvalue weighted by Gasteiger charge is 2.42. The Bertz CT molecular complexity index is 353. The second kappa shape index (κ2) is 6.15. The van der Waals surface area contributed by atoms with E-state index in [0.717, 1.165) is 39.0 Å². The van der Waals surface area contributed by atoms with Crippen LogP contribution in [0.4, 0.5) is 0 Å². The number of morpholine rings is 1. The smallest absolute Gasteiger partial charge is 0.0730 e. The van der Waals surface area contributed by atoms with Crippen molar-refractivity contribution < 1.29 is 9.47 Å².